The van der Waals surface area contributed by atoms with Crippen LogP contribution in [0.5, 0.6) is 11.5 Å². The van der Waals surface area contributed by atoms with Gasteiger partial charge in [-0.2, -0.15) is 13.2 Å². The van der Waals surface area contributed by atoms with Gasteiger partial charge in [0.05, 0.1) is 25.7 Å². The summed E-state index contributed by atoms with van der Waals surface area (Å²) in [6.07, 6.45) is -2.40. The lowest BCUT2D eigenvalue weighted by atomic mass is 9.91. The van der Waals surface area contributed by atoms with E-state index in [2.05, 4.69) is 5.32 Å². The first kappa shape index (κ1) is 29.0. The van der Waals surface area contributed by atoms with Crippen LogP contribution in [0.4, 0.5) is 13.2 Å². The van der Waals surface area contributed by atoms with E-state index in [4.69, 9.17) is 18.9 Å². The number of fused-ring (bicyclic) bond motifs is 2. The van der Waals surface area contributed by atoms with Crippen LogP contribution in [0.1, 0.15) is 70.3 Å². The lowest BCUT2D eigenvalue weighted by Crippen LogP contribution is -2.38. The third-order valence-electron chi connectivity index (χ3n) is 8.43. The number of alkyl halides is 3. The fourth-order valence-corrected chi connectivity index (χ4v) is 6.20. The Balaban J connectivity index is 1.24. The molecule has 1 amide bonds. The molecule has 0 saturated carbocycles. The second-order valence-corrected chi connectivity index (χ2v) is 11.1. The van der Waals surface area contributed by atoms with Crippen LogP contribution < -0.4 is 14.8 Å². The Bertz CT molecular complexity index is 1510. The number of ether oxygens (including phenoxy) is 4. The highest BCUT2D eigenvalue weighted by Crippen LogP contribution is 2.47. The van der Waals surface area contributed by atoms with Gasteiger partial charge in [-0.05, 0) is 72.2 Å². The molecular weight excluding hydrogens is 563 g/mol. The van der Waals surface area contributed by atoms with Gasteiger partial charge in [-0.1, -0.05) is 24.3 Å². The number of halogens is 3. The molecule has 0 aromatic heterocycles. The van der Waals surface area contributed by atoms with Crippen LogP contribution in [-0.4, -0.2) is 44.8 Å². The topological polar surface area (TPSA) is 83.1 Å². The van der Waals surface area contributed by atoms with Crippen molar-refractivity contribution in [2.24, 2.45) is 0 Å². The van der Waals surface area contributed by atoms with Crippen molar-refractivity contribution in [1.29, 1.82) is 0 Å². The second-order valence-electron chi connectivity index (χ2n) is 11.1. The molecule has 2 aliphatic heterocycles. The number of methoxy groups -OCH3 is 1. The van der Waals surface area contributed by atoms with Crippen LogP contribution >= 0.6 is 0 Å². The third-order valence-corrected chi connectivity index (χ3v) is 8.43. The summed E-state index contributed by atoms with van der Waals surface area (Å²) >= 11 is 0. The summed E-state index contributed by atoms with van der Waals surface area (Å²) in [6, 6.07) is 14.4. The van der Waals surface area contributed by atoms with Crippen molar-refractivity contribution in [1.82, 2.24) is 5.32 Å². The van der Waals surface area contributed by atoms with Crippen LogP contribution in [0.2, 0.25) is 0 Å². The number of benzene rings is 3. The van der Waals surface area contributed by atoms with E-state index in [1.807, 2.05) is 6.07 Å². The van der Waals surface area contributed by atoms with Crippen molar-refractivity contribution >= 4 is 11.9 Å². The molecule has 1 N–H and O–H groups in total. The molecule has 1 fully saturated rings. The number of hydrogen-bond donors (Lipinski definition) is 1. The number of amides is 1. The molecule has 6 rings (SSSR count). The average Bonchev–Trinajstić information content (AvgIpc) is 3.60. The van der Waals surface area contributed by atoms with E-state index in [0.717, 1.165) is 24.5 Å². The number of nitrogens with one attached hydrogen (secondary N) is 1. The molecule has 3 aliphatic rings. The van der Waals surface area contributed by atoms with Gasteiger partial charge >= 0.3 is 12.1 Å². The highest BCUT2D eigenvalue weighted by Gasteiger charge is 2.38. The molecule has 0 bridgehead atoms. The van der Waals surface area contributed by atoms with E-state index in [1.165, 1.54) is 13.2 Å². The molecule has 1 aliphatic carbocycles. The van der Waals surface area contributed by atoms with Gasteiger partial charge in [0, 0.05) is 42.4 Å². The zero-order valence-corrected chi connectivity index (χ0v) is 23.7. The zero-order chi connectivity index (χ0) is 30.1. The number of carbonyl (C=O) groups is 2. The zero-order valence-electron chi connectivity index (χ0n) is 23.7. The van der Waals surface area contributed by atoms with Gasteiger partial charge in [0.2, 0.25) is 0 Å². The van der Waals surface area contributed by atoms with Crippen molar-refractivity contribution in [3.63, 3.8) is 0 Å². The largest absolute Gasteiger partial charge is 0.492 e. The summed E-state index contributed by atoms with van der Waals surface area (Å²) in [6.45, 7) is 1.54. The molecule has 2 atom stereocenters. The summed E-state index contributed by atoms with van der Waals surface area (Å²) < 4.78 is 64.9. The molecule has 3 aromatic carbocycles. The number of carbonyl (C=O) groups excluding carboxylic acids is 2. The normalized spacial score (nSPS) is 19.7. The van der Waals surface area contributed by atoms with E-state index >= 15 is 0 Å². The summed E-state index contributed by atoms with van der Waals surface area (Å²) in [7, 11) is 1.35. The first-order chi connectivity index (χ1) is 20.7. The third kappa shape index (κ3) is 6.06. The van der Waals surface area contributed by atoms with Crippen molar-refractivity contribution in [2.75, 3.05) is 26.9 Å². The maximum atomic E-state index is 14.2. The molecular formula is C33H32F3NO6. The fourth-order valence-electron chi connectivity index (χ4n) is 6.20. The van der Waals surface area contributed by atoms with Gasteiger partial charge in [0.1, 0.15) is 17.6 Å². The summed E-state index contributed by atoms with van der Waals surface area (Å²) in [5.41, 5.74) is 2.39. The molecule has 0 spiro atoms. The predicted octanol–water partition coefficient (Wildman–Crippen LogP) is 6.39. The number of rotatable bonds is 7. The number of esters is 1. The van der Waals surface area contributed by atoms with Crippen LogP contribution in [0.25, 0.3) is 11.1 Å². The SMILES string of the molecule is COC(=O)C[C@@H]1COc2cc(OC3CCc4c3ccc(C(F)(F)F)c4-c3ccc(C(=O)NC4CCOCC4)cc3)ccc21. The molecule has 226 valence electrons. The average molecular weight is 596 g/mol. The fraction of sp³-hybridized carbons (Fsp3) is 0.394. The maximum absolute atomic E-state index is 14.2. The molecule has 7 nitrogen and oxygen atoms in total. The number of hydrogen-bond acceptors (Lipinski definition) is 6. The van der Waals surface area contributed by atoms with Crippen molar-refractivity contribution < 1.29 is 41.7 Å². The van der Waals surface area contributed by atoms with Crippen LogP contribution in [0.15, 0.2) is 54.6 Å². The molecule has 0 radical (unpaired) electrons. The molecule has 2 heterocycles. The predicted molar refractivity (Wildman–Crippen MR) is 151 cm³/mol. The maximum Gasteiger partial charge on any atom is 0.417 e. The van der Waals surface area contributed by atoms with Gasteiger partial charge < -0.3 is 24.3 Å². The van der Waals surface area contributed by atoms with Crippen LogP contribution in [0, 0.1) is 0 Å². The standard InChI is InChI=1S/C33H32F3NO6/c1-40-30(38)16-21-18-42-29-17-23(6-7-24(21)29)43-28-11-9-26-25(28)8-10-27(33(34,35)36)31(26)19-2-4-20(5-3-19)32(39)37-22-12-14-41-15-13-22/h2-8,10,17,21-22,28H,9,11-16,18H2,1H3,(H,37,39)/t21-,28?/m1/s1. The van der Waals surface area contributed by atoms with Crippen molar-refractivity contribution in [2.45, 2.75) is 56.3 Å². The lowest BCUT2D eigenvalue weighted by Gasteiger charge is -2.23. The van der Waals surface area contributed by atoms with Gasteiger partial charge in [0.15, 0.2) is 0 Å². The monoisotopic (exact) mass is 595 g/mol. The van der Waals surface area contributed by atoms with E-state index in [9.17, 15) is 22.8 Å². The van der Waals surface area contributed by atoms with Gasteiger partial charge in [-0.15, -0.1) is 0 Å². The van der Waals surface area contributed by atoms with E-state index < -0.39 is 17.8 Å². The quantitative estimate of drug-likeness (QED) is 0.319. The second kappa shape index (κ2) is 11.9. The Kier molecular flexibility index (Phi) is 8.05. The summed E-state index contributed by atoms with van der Waals surface area (Å²) in [5.74, 6) is 0.490. The molecule has 10 heteroatoms. The van der Waals surface area contributed by atoms with E-state index in [1.54, 1.807) is 36.4 Å². The Labute approximate surface area is 247 Å². The first-order valence-electron chi connectivity index (χ1n) is 14.4. The van der Waals surface area contributed by atoms with Crippen LogP contribution in [-0.2, 0) is 26.9 Å². The minimum absolute atomic E-state index is 0.0191. The highest BCUT2D eigenvalue weighted by atomic mass is 19.4. The Hall–Kier alpha value is -4.05. The molecule has 43 heavy (non-hydrogen) atoms. The Morgan fingerprint density at radius 3 is 2.44 bits per heavy atom. The van der Waals surface area contributed by atoms with Crippen molar-refractivity contribution in [3.05, 3.63) is 82.4 Å². The summed E-state index contributed by atoms with van der Waals surface area (Å²) in [5, 5.41) is 2.98. The van der Waals surface area contributed by atoms with Crippen molar-refractivity contribution in [3.8, 4) is 22.6 Å². The molecule has 1 unspecified atom stereocenters. The lowest BCUT2D eigenvalue weighted by molar-refractivity contribution is -0.141. The minimum atomic E-state index is -4.56. The van der Waals surface area contributed by atoms with E-state index in [0.29, 0.717) is 66.4 Å². The Morgan fingerprint density at radius 2 is 1.72 bits per heavy atom. The van der Waals surface area contributed by atoms with Gasteiger partial charge in [0.25, 0.3) is 5.91 Å². The minimum Gasteiger partial charge on any atom is -0.492 e. The molecule has 1 saturated heterocycles. The highest BCUT2D eigenvalue weighted by molar-refractivity contribution is 5.95. The molecule has 3 aromatic rings. The van der Waals surface area contributed by atoms with Gasteiger partial charge in [-0.3, -0.25) is 9.59 Å². The summed E-state index contributed by atoms with van der Waals surface area (Å²) in [4.78, 5) is 24.5. The first-order valence-corrected chi connectivity index (χ1v) is 14.4. The smallest absolute Gasteiger partial charge is 0.417 e. The Morgan fingerprint density at radius 1 is 0.977 bits per heavy atom. The van der Waals surface area contributed by atoms with E-state index in [-0.39, 0.29) is 35.8 Å². The van der Waals surface area contributed by atoms with Gasteiger partial charge in [-0.25, -0.2) is 0 Å². The van der Waals surface area contributed by atoms with Crippen LogP contribution in [0.3, 0.4) is 0 Å².